The molecule has 1 aromatic carbocycles. The van der Waals surface area contributed by atoms with Crippen molar-refractivity contribution in [2.75, 3.05) is 0 Å². The minimum Gasteiger partial charge on any atom is -0.478 e. The van der Waals surface area contributed by atoms with Crippen molar-refractivity contribution in [3.63, 3.8) is 0 Å². The number of carboxylic acid groups (broad SMARTS) is 1. The van der Waals surface area contributed by atoms with E-state index in [4.69, 9.17) is 4.74 Å². The number of ether oxygens (including phenoxy) is 1. The molecule has 3 aromatic rings. The molecule has 0 aliphatic carbocycles. The Bertz CT molecular complexity index is 793. The zero-order valence-electron chi connectivity index (χ0n) is 10.8. The summed E-state index contributed by atoms with van der Waals surface area (Å²) < 4.78 is 7.52. The van der Waals surface area contributed by atoms with Crippen molar-refractivity contribution in [1.82, 2.24) is 9.38 Å². The predicted octanol–water partition coefficient (Wildman–Crippen LogP) is 3.13. The summed E-state index contributed by atoms with van der Waals surface area (Å²) >= 11 is 0. The number of carboxylic acids is 1. The molecule has 0 aliphatic rings. The molecule has 3 rings (SSSR count). The van der Waals surface area contributed by atoms with Crippen LogP contribution in [0.25, 0.3) is 5.65 Å². The highest BCUT2D eigenvalue weighted by Crippen LogP contribution is 2.27. The minimum atomic E-state index is -1.02. The molecule has 5 heteroatoms. The van der Waals surface area contributed by atoms with Gasteiger partial charge in [0.1, 0.15) is 17.0 Å². The lowest BCUT2D eigenvalue weighted by molar-refractivity contribution is 0.0694. The van der Waals surface area contributed by atoms with Crippen molar-refractivity contribution in [1.29, 1.82) is 0 Å². The van der Waals surface area contributed by atoms with Gasteiger partial charge in [0.05, 0.1) is 0 Å². The Morgan fingerprint density at radius 3 is 2.95 bits per heavy atom. The number of nitrogens with zero attached hydrogens (tertiary/aromatic N) is 2. The average Bonchev–Trinajstić information content (AvgIpc) is 2.88. The molecule has 0 spiro atoms. The molecular formula is C15H12N2O3. The molecule has 100 valence electrons. The summed E-state index contributed by atoms with van der Waals surface area (Å²) in [5, 5.41) is 9.21. The van der Waals surface area contributed by atoms with Gasteiger partial charge in [-0.3, -0.25) is 4.40 Å². The van der Waals surface area contributed by atoms with Gasteiger partial charge >= 0.3 is 5.97 Å². The van der Waals surface area contributed by atoms with Gasteiger partial charge in [0.2, 0.25) is 5.88 Å². The van der Waals surface area contributed by atoms with Crippen molar-refractivity contribution in [3.8, 4) is 11.6 Å². The van der Waals surface area contributed by atoms with Crippen molar-refractivity contribution < 1.29 is 14.6 Å². The number of hydrogen-bond acceptors (Lipinski definition) is 3. The van der Waals surface area contributed by atoms with E-state index >= 15 is 0 Å². The lowest BCUT2D eigenvalue weighted by atomic mass is 10.1. The summed E-state index contributed by atoms with van der Waals surface area (Å²) in [6, 6.07) is 10.4. The largest absolute Gasteiger partial charge is 0.478 e. The molecule has 20 heavy (non-hydrogen) atoms. The van der Waals surface area contributed by atoms with E-state index in [0.717, 1.165) is 11.2 Å². The Hall–Kier alpha value is -2.82. The predicted molar refractivity (Wildman–Crippen MR) is 73.4 cm³/mol. The summed E-state index contributed by atoms with van der Waals surface area (Å²) in [7, 11) is 0. The standard InChI is InChI=1S/C15H12N2O3/c1-10-5-6-11(15(18)19)12(9-10)20-14-4-2-3-13-16-7-8-17(13)14/h2-9H,1H3,(H,18,19). The molecule has 0 radical (unpaired) electrons. The van der Waals surface area contributed by atoms with Gasteiger partial charge in [0.25, 0.3) is 0 Å². The molecule has 0 fully saturated rings. The van der Waals surface area contributed by atoms with Crippen molar-refractivity contribution in [2.24, 2.45) is 0 Å². The molecule has 0 bridgehead atoms. The second-order valence-corrected chi connectivity index (χ2v) is 4.43. The molecule has 0 amide bonds. The number of carbonyl (C=O) groups is 1. The van der Waals surface area contributed by atoms with E-state index in [1.807, 2.05) is 19.1 Å². The van der Waals surface area contributed by atoms with Crippen molar-refractivity contribution >= 4 is 11.6 Å². The van der Waals surface area contributed by atoms with Gasteiger partial charge in [-0.15, -0.1) is 0 Å². The average molecular weight is 268 g/mol. The van der Waals surface area contributed by atoms with Gasteiger partial charge in [0.15, 0.2) is 0 Å². The van der Waals surface area contributed by atoms with Crippen molar-refractivity contribution in [3.05, 3.63) is 59.9 Å². The van der Waals surface area contributed by atoms with E-state index in [9.17, 15) is 9.90 Å². The number of hydrogen-bond donors (Lipinski definition) is 1. The van der Waals surface area contributed by atoms with Crippen LogP contribution in [-0.2, 0) is 0 Å². The summed E-state index contributed by atoms with van der Waals surface area (Å²) in [5.41, 5.74) is 1.81. The Balaban J connectivity index is 2.09. The molecule has 2 heterocycles. The Kier molecular flexibility index (Phi) is 2.87. The van der Waals surface area contributed by atoms with E-state index in [2.05, 4.69) is 4.98 Å². The molecule has 2 aromatic heterocycles. The lowest BCUT2D eigenvalue weighted by Crippen LogP contribution is -2.02. The van der Waals surface area contributed by atoms with Crippen LogP contribution in [0, 0.1) is 6.92 Å². The van der Waals surface area contributed by atoms with Crippen LogP contribution in [0.3, 0.4) is 0 Å². The molecule has 0 aliphatic heterocycles. The van der Waals surface area contributed by atoms with Gasteiger partial charge in [-0.2, -0.15) is 0 Å². The van der Waals surface area contributed by atoms with Crippen LogP contribution in [0.15, 0.2) is 48.8 Å². The Morgan fingerprint density at radius 1 is 1.30 bits per heavy atom. The number of imidazole rings is 1. The van der Waals surface area contributed by atoms with E-state index in [1.165, 1.54) is 0 Å². The van der Waals surface area contributed by atoms with Crippen LogP contribution < -0.4 is 4.74 Å². The molecule has 1 N–H and O–H groups in total. The zero-order chi connectivity index (χ0) is 14.1. The highest BCUT2D eigenvalue weighted by Gasteiger charge is 2.13. The third-order valence-corrected chi connectivity index (χ3v) is 2.97. The summed E-state index contributed by atoms with van der Waals surface area (Å²) in [6.45, 7) is 1.89. The molecular weight excluding hydrogens is 256 g/mol. The quantitative estimate of drug-likeness (QED) is 0.792. The first-order valence-corrected chi connectivity index (χ1v) is 6.09. The number of pyridine rings is 1. The van der Waals surface area contributed by atoms with E-state index in [1.54, 1.807) is 41.1 Å². The molecule has 5 nitrogen and oxygen atoms in total. The summed E-state index contributed by atoms with van der Waals surface area (Å²) in [4.78, 5) is 15.4. The van der Waals surface area contributed by atoms with E-state index in [-0.39, 0.29) is 5.56 Å². The number of benzene rings is 1. The molecule has 0 saturated carbocycles. The zero-order valence-corrected chi connectivity index (χ0v) is 10.8. The van der Waals surface area contributed by atoms with Gasteiger partial charge in [-0.05, 0) is 36.8 Å². The topological polar surface area (TPSA) is 63.8 Å². The van der Waals surface area contributed by atoms with Gasteiger partial charge < -0.3 is 9.84 Å². The Morgan fingerprint density at radius 2 is 2.15 bits per heavy atom. The maximum Gasteiger partial charge on any atom is 0.339 e. The van der Waals surface area contributed by atoms with Crippen LogP contribution in [-0.4, -0.2) is 20.5 Å². The SMILES string of the molecule is Cc1ccc(C(=O)O)c(Oc2cccc3nccn23)c1. The van der Waals surface area contributed by atoms with Crippen LogP contribution >= 0.6 is 0 Å². The van der Waals surface area contributed by atoms with E-state index < -0.39 is 5.97 Å². The first-order valence-electron chi connectivity index (χ1n) is 6.09. The minimum absolute atomic E-state index is 0.132. The molecule has 0 unspecified atom stereocenters. The van der Waals surface area contributed by atoms with Crippen LogP contribution in [0.1, 0.15) is 15.9 Å². The smallest absolute Gasteiger partial charge is 0.339 e. The fraction of sp³-hybridized carbons (Fsp3) is 0.0667. The third kappa shape index (κ3) is 2.09. The first kappa shape index (κ1) is 12.2. The summed E-state index contributed by atoms with van der Waals surface area (Å²) in [5.74, 6) is -0.176. The number of fused-ring (bicyclic) bond motifs is 1. The lowest BCUT2D eigenvalue weighted by Gasteiger charge is -2.11. The van der Waals surface area contributed by atoms with Crippen LogP contribution in [0.5, 0.6) is 11.6 Å². The Labute approximate surface area is 115 Å². The first-order chi connectivity index (χ1) is 9.65. The number of aromatic nitrogens is 2. The van der Waals surface area contributed by atoms with Crippen molar-refractivity contribution in [2.45, 2.75) is 6.92 Å². The maximum atomic E-state index is 11.2. The molecule has 0 saturated heterocycles. The monoisotopic (exact) mass is 268 g/mol. The second-order valence-electron chi connectivity index (χ2n) is 4.43. The summed E-state index contributed by atoms with van der Waals surface area (Å²) in [6.07, 6.45) is 3.43. The second kappa shape index (κ2) is 4.70. The third-order valence-electron chi connectivity index (χ3n) is 2.97. The van der Waals surface area contributed by atoms with Gasteiger partial charge in [-0.1, -0.05) is 12.1 Å². The molecule has 0 atom stereocenters. The van der Waals surface area contributed by atoms with Gasteiger partial charge in [0, 0.05) is 12.4 Å². The van der Waals surface area contributed by atoms with Crippen LogP contribution in [0.4, 0.5) is 0 Å². The number of rotatable bonds is 3. The highest BCUT2D eigenvalue weighted by atomic mass is 16.5. The van der Waals surface area contributed by atoms with E-state index in [0.29, 0.717) is 11.6 Å². The normalized spacial score (nSPS) is 10.7. The van der Waals surface area contributed by atoms with Crippen LogP contribution in [0.2, 0.25) is 0 Å². The fourth-order valence-corrected chi connectivity index (χ4v) is 2.01. The highest BCUT2D eigenvalue weighted by molar-refractivity contribution is 5.91. The number of aryl methyl sites for hydroxylation is 1. The fourth-order valence-electron chi connectivity index (χ4n) is 2.01. The number of aromatic carboxylic acids is 1. The maximum absolute atomic E-state index is 11.2. The van der Waals surface area contributed by atoms with Gasteiger partial charge in [-0.25, -0.2) is 9.78 Å².